The summed E-state index contributed by atoms with van der Waals surface area (Å²) < 4.78 is 5.91. The molecule has 1 amide bonds. The number of benzene rings is 1. The summed E-state index contributed by atoms with van der Waals surface area (Å²) in [6.45, 7) is 4.17. The van der Waals surface area contributed by atoms with E-state index < -0.39 is 11.2 Å². The van der Waals surface area contributed by atoms with Crippen molar-refractivity contribution < 1.29 is 19.1 Å². The van der Waals surface area contributed by atoms with E-state index in [9.17, 15) is 15.2 Å². The van der Waals surface area contributed by atoms with E-state index in [2.05, 4.69) is 38.2 Å². The van der Waals surface area contributed by atoms with Crippen LogP contribution in [0, 0.1) is 11.3 Å². The first-order valence-corrected chi connectivity index (χ1v) is 11.5. The lowest BCUT2D eigenvalue weighted by Gasteiger charge is -2.26. The molecule has 1 unspecified atom stereocenters. The number of aromatic nitrogens is 2. The highest BCUT2D eigenvalue weighted by atomic mass is 32.2. The number of fused-ring (bicyclic) bond motifs is 1. The zero-order chi connectivity index (χ0) is 22.0. The molecule has 3 heterocycles. The maximum absolute atomic E-state index is 12.7. The molecule has 0 saturated heterocycles. The van der Waals surface area contributed by atoms with Crippen LogP contribution >= 0.6 is 23.1 Å². The number of amides is 1. The van der Waals surface area contributed by atoms with Crippen LogP contribution in [-0.4, -0.2) is 27.9 Å². The van der Waals surface area contributed by atoms with Crippen LogP contribution in [0.2, 0.25) is 0 Å². The van der Waals surface area contributed by atoms with Crippen molar-refractivity contribution in [1.29, 1.82) is 5.26 Å². The van der Waals surface area contributed by atoms with E-state index in [0.29, 0.717) is 10.6 Å². The first kappa shape index (κ1) is 21.4. The van der Waals surface area contributed by atoms with Crippen LogP contribution < -0.4 is 15.1 Å². The molecule has 1 atom stereocenters. The highest BCUT2D eigenvalue weighted by Crippen LogP contribution is 2.37. The monoisotopic (exact) mass is 455 g/mol. The van der Waals surface area contributed by atoms with E-state index in [4.69, 9.17) is 0 Å². The molecule has 0 aliphatic carbocycles. The fourth-order valence-electron chi connectivity index (χ4n) is 3.50. The van der Waals surface area contributed by atoms with E-state index in [1.54, 1.807) is 14.0 Å². The number of hydrogen-bond donors (Lipinski definition) is 1. The van der Waals surface area contributed by atoms with Crippen molar-refractivity contribution >= 4 is 34.0 Å². The summed E-state index contributed by atoms with van der Waals surface area (Å²) in [6, 6.07) is 12.6. The molecule has 0 bridgehead atoms. The first-order valence-electron chi connectivity index (χ1n) is 9.77. The summed E-state index contributed by atoms with van der Waals surface area (Å²) in [5, 5.41) is 28.1. The van der Waals surface area contributed by atoms with Crippen LogP contribution in [0.25, 0.3) is 0 Å². The highest BCUT2D eigenvalue weighted by molar-refractivity contribution is 8.00. The van der Waals surface area contributed by atoms with Crippen molar-refractivity contribution in [3.05, 3.63) is 51.9 Å². The van der Waals surface area contributed by atoms with E-state index in [-0.39, 0.29) is 10.9 Å². The van der Waals surface area contributed by atoms with E-state index in [0.717, 1.165) is 48.3 Å². The lowest BCUT2D eigenvalue weighted by molar-refractivity contribution is -0.772. The van der Waals surface area contributed by atoms with Gasteiger partial charge >= 0.3 is 0 Å². The predicted octanol–water partition coefficient (Wildman–Crippen LogP) is 2.18. The Morgan fingerprint density at radius 2 is 2.26 bits per heavy atom. The largest absolute Gasteiger partial charge is 0.538 e. The zero-order valence-corrected chi connectivity index (χ0v) is 18.8. The molecule has 4 rings (SSSR count). The lowest BCUT2D eigenvalue weighted by atomic mass is 10.0. The van der Waals surface area contributed by atoms with Crippen molar-refractivity contribution in [3.63, 3.8) is 0 Å². The van der Waals surface area contributed by atoms with Gasteiger partial charge in [-0.15, -0.1) is 11.3 Å². The number of carbonyl (C=O) groups is 1. The number of anilines is 1. The summed E-state index contributed by atoms with van der Waals surface area (Å²) >= 11 is 2.53. The Bertz CT molecular complexity index is 1120. The van der Waals surface area contributed by atoms with Gasteiger partial charge in [0, 0.05) is 24.5 Å². The number of aryl methyl sites for hydroxylation is 1. The third-order valence-corrected chi connectivity index (χ3v) is 7.46. The minimum absolute atomic E-state index is 0.255. The minimum atomic E-state index is -0.574. The van der Waals surface area contributed by atoms with Crippen molar-refractivity contribution in [1.82, 2.24) is 10.2 Å². The fourth-order valence-corrected chi connectivity index (χ4v) is 5.57. The van der Waals surface area contributed by atoms with Gasteiger partial charge in [-0.1, -0.05) is 35.0 Å². The topological polar surface area (TPSA) is 109 Å². The Kier molecular flexibility index (Phi) is 6.27. The third-order valence-electron chi connectivity index (χ3n) is 5.11. The van der Waals surface area contributed by atoms with Crippen molar-refractivity contribution in [2.75, 3.05) is 11.9 Å². The average molecular weight is 456 g/mol. The SMILES string of the molecule is CC(Sc1c([O-])on[n+]1C)C(=O)Nc1sc2c(c1C#N)CCN(Cc1ccccc1)C2. The number of nitrogens with zero attached hydrogens (tertiary/aromatic N) is 4. The third kappa shape index (κ3) is 4.58. The second kappa shape index (κ2) is 9.09. The van der Waals surface area contributed by atoms with Gasteiger partial charge in [-0.25, -0.2) is 0 Å². The molecule has 0 fully saturated rings. The smallest absolute Gasteiger partial charge is 0.291 e. The number of nitriles is 1. The molecule has 10 heteroatoms. The van der Waals surface area contributed by atoms with E-state index >= 15 is 0 Å². The van der Waals surface area contributed by atoms with Gasteiger partial charge in [0.15, 0.2) is 13.0 Å². The van der Waals surface area contributed by atoms with Crippen LogP contribution in [0.5, 0.6) is 5.95 Å². The lowest BCUT2D eigenvalue weighted by Crippen LogP contribution is -2.33. The van der Waals surface area contributed by atoms with Crippen LogP contribution in [-0.2, 0) is 31.4 Å². The Labute approximate surface area is 188 Å². The quantitative estimate of drug-likeness (QED) is 0.448. The molecule has 0 saturated carbocycles. The molecule has 1 aromatic carbocycles. The molecule has 2 aromatic heterocycles. The fraction of sp³-hybridized carbons (Fsp3) is 0.333. The second-order valence-electron chi connectivity index (χ2n) is 7.30. The molecule has 0 spiro atoms. The number of nitrogens with one attached hydrogen (secondary N) is 1. The summed E-state index contributed by atoms with van der Waals surface area (Å²) in [5.41, 5.74) is 2.83. The molecule has 8 nitrogen and oxygen atoms in total. The molecule has 1 aliphatic heterocycles. The highest BCUT2D eigenvalue weighted by Gasteiger charge is 2.28. The van der Waals surface area contributed by atoms with Gasteiger partial charge in [0.05, 0.1) is 16.1 Å². The van der Waals surface area contributed by atoms with Gasteiger partial charge in [0.25, 0.3) is 5.03 Å². The molecular weight excluding hydrogens is 434 g/mol. The predicted molar refractivity (Wildman–Crippen MR) is 114 cm³/mol. The van der Waals surface area contributed by atoms with Crippen LogP contribution in [0.15, 0.2) is 39.9 Å². The normalized spacial score (nSPS) is 14.6. The molecule has 160 valence electrons. The molecule has 3 aromatic rings. The van der Waals surface area contributed by atoms with Crippen molar-refractivity contribution in [2.24, 2.45) is 7.05 Å². The maximum Gasteiger partial charge on any atom is 0.291 e. The summed E-state index contributed by atoms with van der Waals surface area (Å²) in [4.78, 5) is 16.2. The molecule has 1 N–H and O–H groups in total. The Hall–Kier alpha value is -2.87. The number of thioether (sulfide) groups is 1. The summed E-state index contributed by atoms with van der Waals surface area (Å²) in [7, 11) is 1.58. The van der Waals surface area contributed by atoms with Gasteiger partial charge in [-0.2, -0.15) is 5.26 Å². The van der Waals surface area contributed by atoms with Crippen LogP contribution in [0.1, 0.15) is 28.5 Å². The number of hydrogen-bond acceptors (Lipinski definition) is 8. The molecule has 0 radical (unpaired) electrons. The van der Waals surface area contributed by atoms with Gasteiger partial charge < -0.3 is 14.9 Å². The number of thiophene rings is 1. The van der Waals surface area contributed by atoms with Gasteiger partial charge in [-0.05, 0) is 36.2 Å². The van der Waals surface area contributed by atoms with Crippen molar-refractivity contribution in [2.45, 2.75) is 36.7 Å². The van der Waals surface area contributed by atoms with E-state index in [1.807, 2.05) is 18.2 Å². The maximum atomic E-state index is 12.7. The van der Waals surface area contributed by atoms with Gasteiger partial charge in [-0.3, -0.25) is 9.69 Å². The van der Waals surface area contributed by atoms with Crippen molar-refractivity contribution in [3.8, 4) is 12.0 Å². The Morgan fingerprint density at radius 3 is 2.94 bits per heavy atom. The molecular formula is C21H21N5O3S2. The standard InChI is InChI=1S/C21H21N5O3S2/c1-13(30-20-21(28)29-24-25(20)2)18(27)23-19-16(10-22)15-8-9-26(12-17(15)31-19)11-14-6-4-3-5-7-14/h3-7,13H,8-9,11-12H2,1-2H3,(H-,23,24,27,28). The Morgan fingerprint density at radius 1 is 1.48 bits per heavy atom. The summed E-state index contributed by atoms with van der Waals surface area (Å²) in [6.07, 6.45) is 0.776. The minimum Gasteiger partial charge on any atom is -0.538 e. The van der Waals surface area contributed by atoms with E-state index in [1.165, 1.54) is 21.6 Å². The van der Waals surface area contributed by atoms with Crippen LogP contribution in [0.3, 0.4) is 0 Å². The summed E-state index contributed by atoms with van der Waals surface area (Å²) in [5.74, 6) is -0.850. The molecule has 31 heavy (non-hydrogen) atoms. The van der Waals surface area contributed by atoms with Gasteiger partial charge in [0.1, 0.15) is 11.1 Å². The average Bonchev–Trinajstić information content (AvgIpc) is 3.27. The number of rotatable bonds is 6. The van der Waals surface area contributed by atoms with Crippen LogP contribution in [0.4, 0.5) is 5.00 Å². The zero-order valence-electron chi connectivity index (χ0n) is 17.1. The second-order valence-corrected chi connectivity index (χ2v) is 9.74. The number of carbonyl (C=O) groups excluding carboxylic acids is 1. The first-order chi connectivity index (χ1) is 15.0. The van der Waals surface area contributed by atoms with Gasteiger partial charge in [0.2, 0.25) is 5.91 Å². The Balaban J connectivity index is 1.46. The molecule has 1 aliphatic rings.